The summed E-state index contributed by atoms with van der Waals surface area (Å²) in [7, 11) is 0. The quantitative estimate of drug-likeness (QED) is 0.288. The monoisotopic (exact) mass is 540 g/mol. The highest BCUT2D eigenvalue weighted by Gasteiger charge is 2.28. The third-order valence-corrected chi connectivity index (χ3v) is 7.76. The third-order valence-electron chi connectivity index (χ3n) is 7.76. The summed E-state index contributed by atoms with van der Waals surface area (Å²) in [5.41, 5.74) is 6.84. The fourth-order valence-corrected chi connectivity index (χ4v) is 5.94. The van der Waals surface area contributed by atoms with Gasteiger partial charge in [0.2, 0.25) is 0 Å². The molecule has 0 saturated carbocycles. The summed E-state index contributed by atoms with van der Waals surface area (Å²) in [6.07, 6.45) is 10.5. The third kappa shape index (κ3) is 6.17. The summed E-state index contributed by atoms with van der Waals surface area (Å²) in [5, 5.41) is 18.0. The Kier molecular flexibility index (Phi) is 8.74. The SMILES string of the molecule is CCOC(=O)CC1CCCc2c1cnn2-c1ccccc1.O=C(O)CC1CCCc2c1cnn2-c1ccccc1. The Morgan fingerprint density at radius 3 is 1.73 bits per heavy atom. The molecule has 0 radical (unpaired) electrons. The molecule has 1 N–H and O–H groups in total. The number of carbonyl (C=O) groups is 2. The normalized spacial score (nSPS) is 17.6. The van der Waals surface area contributed by atoms with Crippen molar-refractivity contribution in [3.8, 4) is 11.4 Å². The van der Waals surface area contributed by atoms with Gasteiger partial charge in [0.05, 0.1) is 43.2 Å². The van der Waals surface area contributed by atoms with Crippen molar-refractivity contribution in [2.75, 3.05) is 6.61 Å². The minimum atomic E-state index is -0.731. The number of nitrogens with zero attached hydrogens (tertiary/aromatic N) is 4. The van der Waals surface area contributed by atoms with Gasteiger partial charge in [0.1, 0.15) is 0 Å². The average Bonchev–Trinajstić information content (AvgIpc) is 3.60. The van der Waals surface area contributed by atoms with Crippen molar-refractivity contribution >= 4 is 11.9 Å². The van der Waals surface area contributed by atoms with Crippen LogP contribution in [0.15, 0.2) is 73.1 Å². The van der Waals surface area contributed by atoms with Crippen LogP contribution in [-0.4, -0.2) is 43.2 Å². The number of fused-ring (bicyclic) bond motifs is 2. The molecule has 0 fully saturated rings. The number of ether oxygens (including phenoxy) is 1. The molecule has 0 bridgehead atoms. The first kappa shape index (κ1) is 27.4. The zero-order valence-electron chi connectivity index (χ0n) is 22.9. The molecule has 8 nitrogen and oxygen atoms in total. The Morgan fingerprint density at radius 2 is 1.27 bits per heavy atom. The van der Waals surface area contributed by atoms with Gasteiger partial charge in [0, 0.05) is 11.4 Å². The molecule has 0 aliphatic heterocycles. The lowest BCUT2D eigenvalue weighted by molar-refractivity contribution is -0.143. The summed E-state index contributed by atoms with van der Waals surface area (Å²) in [4.78, 5) is 22.7. The molecule has 2 aromatic heterocycles. The van der Waals surface area contributed by atoms with Crippen LogP contribution in [0, 0.1) is 0 Å². The number of para-hydroxylation sites is 2. The highest BCUT2D eigenvalue weighted by atomic mass is 16.5. The van der Waals surface area contributed by atoms with E-state index in [9.17, 15) is 9.59 Å². The molecule has 40 heavy (non-hydrogen) atoms. The Labute approximate surface area is 234 Å². The smallest absolute Gasteiger partial charge is 0.306 e. The molecule has 208 valence electrons. The van der Waals surface area contributed by atoms with Gasteiger partial charge in [-0.15, -0.1) is 0 Å². The fraction of sp³-hybridized carbons (Fsp3) is 0.375. The van der Waals surface area contributed by atoms with E-state index in [4.69, 9.17) is 9.84 Å². The van der Waals surface area contributed by atoms with E-state index in [1.807, 2.05) is 77.2 Å². The van der Waals surface area contributed by atoms with Crippen LogP contribution in [0.25, 0.3) is 11.4 Å². The van der Waals surface area contributed by atoms with E-state index in [0.29, 0.717) is 13.0 Å². The van der Waals surface area contributed by atoms with E-state index in [0.717, 1.165) is 55.5 Å². The van der Waals surface area contributed by atoms with Crippen LogP contribution in [0.2, 0.25) is 0 Å². The van der Waals surface area contributed by atoms with Crippen LogP contribution in [0.5, 0.6) is 0 Å². The molecule has 2 aliphatic rings. The van der Waals surface area contributed by atoms with Gasteiger partial charge in [-0.1, -0.05) is 36.4 Å². The molecule has 2 unspecified atom stereocenters. The van der Waals surface area contributed by atoms with Gasteiger partial charge in [-0.25, -0.2) is 9.36 Å². The number of hydrogen-bond donors (Lipinski definition) is 1. The van der Waals surface area contributed by atoms with Gasteiger partial charge in [-0.2, -0.15) is 10.2 Å². The summed E-state index contributed by atoms with van der Waals surface area (Å²) in [5.74, 6) is -0.489. The minimum Gasteiger partial charge on any atom is -0.481 e. The lowest BCUT2D eigenvalue weighted by Crippen LogP contribution is -2.16. The maximum Gasteiger partial charge on any atom is 0.306 e. The van der Waals surface area contributed by atoms with E-state index < -0.39 is 5.97 Å². The zero-order valence-corrected chi connectivity index (χ0v) is 22.9. The standard InChI is InChI=1S/C17H20N2O2.C15H16N2O2/c1-2-21-17(20)11-13-7-6-10-16-15(13)12-18-19(16)14-8-4-3-5-9-14;18-15(19)9-11-5-4-8-14-13(11)10-16-17(14)12-6-2-1-3-7-12/h3-5,8-9,12-13H,2,6-7,10-11H2,1H3;1-3,6-7,10-11H,4-5,8-9H2,(H,18,19). The van der Waals surface area contributed by atoms with Crippen LogP contribution in [-0.2, 0) is 27.2 Å². The van der Waals surface area contributed by atoms with Crippen molar-refractivity contribution < 1.29 is 19.4 Å². The van der Waals surface area contributed by atoms with Crippen molar-refractivity contribution in [3.05, 3.63) is 95.6 Å². The number of benzene rings is 2. The Balaban J connectivity index is 0.000000162. The predicted octanol–water partition coefficient (Wildman–Crippen LogP) is 6.01. The summed E-state index contributed by atoms with van der Waals surface area (Å²) in [6.45, 7) is 2.29. The van der Waals surface area contributed by atoms with Crippen molar-refractivity contribution in [1.82, 2.24) is 19.6 Å². The van der Waals surface area contributed by atoms with Crippen LogP contribution in [0.4, 0.5) is 0 Å². The largest absolute Gasteiger partial charge is 0.481 e. The molecule has 4 aromatic rings. The molecule has 8 heteroatoms. The molecule has 0 spiro atoms. The van der Waals surface area contributed by atoms with Gasteiger partial charge >= 0.3 is 11.9 Å². The number of carboxylic acids is 1. The van der Waals surface area contributed by atoms with E-state index in [2.05, 4.69) is 22.3 Å². The van der Waals surface area contributed by atoms with E-state index in [1.54, 1.807) is 0 Å². The Hall–Kier alpha value is -4.20. The maximum atomic E-state index is 11.7. The topological polar surface area (TPSA) is 99.2 Å². The number of aliphatic carboxylic acids is 1. The van der Waals surface area contributed by atoms with E-state index in [-0.39, 0.29) is 24.2 Å². The molecule has 2 aromatic carbocycles. The highest BCUT2D eigenvalue weighted by Crippen LogP contribution is 2.36. The van der Waals surface area contributed by atoms with Crippen molar-refractivity contribution in [3.63, 3.8) is 0 Å². The van der Waals surface area contributed by atoms with Gasteiger partial charge in [-0.05, 0) is 92.7 Å². The first-order valence-corrected chi connectivity index (χ1v) is 14.2. The molecular weight excluding hydrogens is 504 g/mol. The van der Waals surface area contributed by atoms with Gasteiger partial charge in [-0.3, -0.25) is 9.59 Å². The number of aromatic nitrogens is 4. The Morgan fingerprint density at radius 1 is 0.800 bits per heavy atom. The van der Waals surface area contributed by atoms with Gasteiger partial charge in [0.25, 0.3) is 0 Å². The zero-order chi connectivity index (χ0) is 27.9. The van der Waals surface area contributed by atoms with Crippen molar-refractivity contribution in [1.29, 1.82) is 0 Å². The highest BCUT2D eigenvalue weighted by molar-refractivity contribution is 5.70. The molecule has 2 atom stereocenters. The number of esters is 1. The average molecular weight is 541 g/mol. The summed E-state index contributed by atoms with van der Waals surface area (Å²) < 4.78 is 9.04. The maximum absolute atomic E-state index is 11.7. The van der Waals surface area contributed by atoms with Crippen molar-refractivity contribution in [2.45, 2.75) is 70.1 Å². The van der Waals surface area contributed by atoms with Crippen LogP contribution in [0.1, 0.15) is 79.8 Å². The molecule has 2 aliphatic carbocycles. The molecule has 6 rings (SSSR count). The van der Waals surface area contributed by atoms with E-state index >= 15 is 0 Å². The van der Waals surface area contributed by atoms with E-state index in [1.165, 1.54) is 17.0 Å². The predicted molar refractivity (Wildman–Crippen MR) is 152 cm³/mol. The fourth-order valence-electron chi connectivity index (χ4n) is 5.94. The van der Waals surface area contributed by atoms with Crippen LogP contribution >= 0.6 is 0 Å². The number of carbonyl (C=O) groups excluding carboxylic acids is 1. The minimum absolute atomic E-state index is 0.109. The first-order chi connectivity index (χ1) is 19.5. The second-order valence-electron chi connectivity index (χ2n) is 10.4. The second-order valence-corrected chi connectivity index (χ2v) is 10.4. The van der Waals surface area contributed by atoms with Crippen LogP contribution < -0.4 is 0 Å². The molecular formula is C32H36N4O4. The number of carboxylic acid groups (broad SMARTS) is 1. The van der Waals surface area contributed by atoms with Crippen molar-refractivity contribution in [2.24, 2.45) is 0 Å². The van der Waals surface area contributed by atoms with Gasteiger partial charge < -0.3 is 9.84 Å². The summed E-state index contributed by atoms with van der Waals surface area (Å²) >= 11 is 0. The molecule has 2 heterocycles. The molecule has 0 amide bonds. The lowest BCUT2D eigenvalue weighted by Gasteiger charge is -2.22. The van der Waals surface area contributed by atoms with Gasteiger partial charge in [0.15, 0.2) is 0 Å². The number of hydrogen-bond acceptors (Lipinski definition) is 5. The van der Waals surface area contributed by atoms with Crippen LogP contribution in [0.3, 0.4) is 0 Å². The lowest BCUT2D eigenvalue weighted by atomic mass is 9.85. The first-order valence-electron chi connectivity index (χ1n) is 14.2. The second kappa shape index (κ2) is 12.8. The summed E-state index contributed by atoms with van der Waals surface area (Å²) in [6, 6.07) is 20.1. The number of rotatable bonds is 7. The Bertz CT molecular complexity index is 1430. The molecule has 0 saturated heterocycles.